The Balaban J connectivity index is 1.76. The van der Waals surface area contributed by atoms with E-state index >= 15 is 0 Å². The van der Waals surface area contributed by atoms with Crippen LogP contribution in [0.3, 0.4) is 0 Å². The third-order valence-electron chi connectivity index (χ3n) is 6.24. The number of alkyl halides is 3. The Morgan fingerprint density at radius 2 is 2.11 bits per heavy atom. The number of aromatic nitrogens is 3. The third kappa shape index (κ3) is 7.74. The van der Waals surface area contributed by atoms with Crippen LogP contribution in [0.1, 0.15) is 43.5 Å². The van der Waals surface area contributed by atoms with Crippen LogP contribution in [0, 0.1) is 5.92 Å². The van der Waals surface area contributed by atoms with Crippen molar-refractivity contribution < 1.29 is 27.8 Å². The molecule has 1 aliphatic heterocycles. The van der Waals surface area contributed by atoms with E-state index in [1.807, 2.05) is 25.8 Å². The van der Waals surface area contributed by atoms with Gasteiger partial charge in [0.25, 0.3) is 0 Å². The van der Waals surface area contributed by atoms with Crippen molar-refractivity contribution >= 4 is 5.91 Å². The zero-order valence-corrected chi connectivity index (χ0v) is 20.4. The van der Waals surface area contributed by atoms with E-state index in [0.717, 1.165) is 12.1 Å². The Kier molecular flexibility index (Phi) is 9.26. The van der Waals surface area contributed by atoms with Gasteiger partial charge in [-0.2, -0.15) is 13.2 Å². The first-order valence-electron chi connectivity index (χ1n) is 11.8. The molecule has 194 valence electrons. The normalized spacial score (nSPS) is 21.4. The van der Waals surface area contributed by atoms with Gasteiger partial charge in [0.15, 0.2) is 0 Å². The summed E-state index contributed by atoms with van der Waals surface area (Å²) in [7, 11) is 1.83. The second-order valence-corrected chi connectivity index (χ2v) is 9.38. The van der Waals surface area contributed by atoms with Crippen molar-refractivity contribution in [2.24, 2.45) is 5.92 Å². The molecule has 1 aliphatic rings. The zero-order valence-electron chi connectivity index (χ0n) is 20.4. The second-order valence-electron chi connectivity index (χ2n) is 9.38. The molecule has 3 rings (SSSR count). The number of nitrogens with zero attached hydrogens (tertiary/aromatic N) is 5. The fourth-order valence-corrected chi connectivity index (χ4v) is 4.22. The lowest BCUT2D eigenvalue weighted by atomic mass is 10.0. The van der Waals surface area contributed by atoms with Crippen molar-refractivity contribution in [3.8, 4) is 0 Å². The molecule has 2 bridgehead atoms. The largest absolute Gasteiger partial charge is 0.416 e. The number of carbonyl (C=O) groups excluding carboxylic acids is 1. The molecule has 0 fully saturated rings. The van der Waals surface area contributed by atoms with Crippen LogP contribution in [0.15, 0.2) is 30.5 Å². The van der Waals surface area contributed by atoms with Crippen molar-refractivity contribution in [2.75, 3.05) is 26.7 Å². The maximum absolute atomic E-state index is 13.1. The number of aliphatic hydroxyl groups is 1. The number of hydrogen-bond acceptors (Lipinski definition) is 6. The van der Waals surface area contributed by atoms with E-state index in [-0.39, 0.29) is 37.2 Å². The number of likely N-dealkylation sites (N-methyl/N-ethyl adjacent to an activating group) is 1. The van der Waals surface area contributed by atoms with Gasteiger partial charge in [-0.1, -0.05) is 30.3 Å². The van der Waals surface area contributed by atoms with E-state index in [0.29, 0.717) is 50.3 Å². The van der Waals surface area contributed by atoms with Gasteiger partial charge < -0.3 is 14.7 Å². The number of aliphatic hydroxyl groups excluding tert-OH is 1. The van der Waals surface area contributed by atoms with Crippen LogP contribution in [0.4, 0.5) is 13.2 Å². The number of carbonyl (C=O) groups is 1. The average Bonchev–Trinajstić information content (AvgIpc) is 3.26. The first kappa shape index (κ1) is 27.1. The summed E-state index contributed by atoms with van der Waals surface area (Å²) in [6.45, 7) is 5.56. The molecule has 0 spiro atoms. The molecule has 0 radical (unpaired) electrons. The fraction of sp³-hybridized carbons (Fsp3) is 0.625. The van der Waals surface area contributed by atoms with Gasteiger partial charge >= 0.3 is 6.18 Å². The number of rotatable bonds is 6. The Labute approximate surface area is 203 Å². The fourth-order valence-electron chi connectivity index (χ4n) is 4.22. The second kappa shape index (κ2) is 12.0. The van der Waals surface area contributed by atoms with E-state index in [4.69, 9.17) is 4.74 Å². The Bertz CT molecular complexity index is 968. The summed E-state index contributed by atoms with van der Waals surface area (Å²) >= 11 is 0. The molecule has 8 nitrogen and oxygen atoms in total. The summed E-state index contributed by atoms with van der Waals surface area (Å²) in [6, 6.07) is 4.96. The quantitative estimate of drug-likeness (QED) is 0.661. The highest BCUT2D eigenvalue weighted by Crippen LogP contribution is 2.29. The van der Waals surface area contributed by atoms with Gasteiger partial charge in [0, 0.05) is 38.5 Å². The van der Waals surface area contributed by atoms with Gasteiger partial charge in [0.1, 0.15) is 5.69 Å². The van der Waals surface area contributed by atoms with Crippen LogP contribution < -0.4 is 0 Å². The number of fused-ring (bicyclic) bond motifs is 2. The third-order valence-corrected chi connectivity index (χ3v) is 6.24. The summed E-state index contributed by atoms with van der Waals surface area (Å²) in [6.07, 6.45) is -2.00. The molecule has 0 saturated carbocycles. The highest BCUT2D eigenvalue weighted by atomic mass is 19.4. The smallest absolute Gasteiger partial charge is 0.394 e. The van der Waals surface area contributed by atoms with Crippen LogP contribution in [0.5, 0.6) is 0 Å². The Hall–Kier alpha value is -2.50. The van der Waals surface area contributed by atoms with Gasteiger partial charge in [-0.05, 0) is 32.0 Å². The number of halogens is 3. The monoisotopic (exact) mass is 497 g/mol. The SMILES string of the molecule is C[C@H](CO)N1C[C@H](C)[C@@H](CN(C)Cc2cccc(C(F)(F)F)c2)OCc2cn(nn2)CCCC1=O. The predicted octanol–water partition coefficient (Wildman–Crippen LogP) is 2.95. The van der Waals surface area contributed by atoms with E-state index in [2.05, 4.69) is 10.3 Å². The number of amides is 1. The van der Waals surface area contributed by atoms with Crippen LogP contribution >= 0.6 is 0 Å². The minimum absolute atomic E-state index is 0.0472. The van der Waals surface area contributed by atoms with Gasteiger partial charge in [0.05, 0.1) is 37.1 Å². The summed E-state index contributed by atoms with van der Waals surface area (Å²) < 4.78 is 47.2. The summed E-state index contributed by atoms with van der Waals surface area (Å²) in [4.78, 5) is 16.5. The summed E-state index contributed by atoms with van der Waals surface area (Å²) in [5.74, 6) is -0.151. The molecular weight excluding hydrogens is 463 g/mol. The number of benzene rings is 1. The summed E-state index contributed by atoms with van der Waals surface area (Å²) in [5.41, 5.74) is 0.549. The van der Waals surface area contributed by atoms with Crippen molar-refractivity contribution in [1.29, 1.82) is 0 Å². The topological polar surface area (TPSA) is 83.7 Å². The van der Waals surface area contributed by atoms with Gasteiger partial charge in [-0.25, -0.2) is 0 Å². The molecule has 0 aliphatic carbocycles. The molecule has 1 amide bonds. The standard InChI is InChI=1S/C24H34F3N5O3/c1-17-11-32(18(2)15-33)23(34)8-5-9-31-13-21(28-29-31)16-35-22(17)14-30(3)12-19-6-4-7-20(10-19)24(25,26)27/h4,6-7,10,13,17-18,22,33H,5,8-9,11-12,14-16H2,1-3H3/t17-,18+,22+/m0/s1. The predicted molar refractivity (Wildman–Crippen MR) is 123 cm³/mol. The molecule has 11 heteroatoms. The van der Waals surface area contributed by atoms with E-state index in [1.165, 1.54) is 6.07 Å². The van der Waals surface area contributed by atoms with Gasteiger partial charge in [-0.15, -0.1) is 5.10 Å². The lowest BCUT2D eigenvalue weighted by molar-refractivity contribution is -0.138. The minimum atomic E-state index is -4.39. The molecule has 1 N–H and O–H groups in total. The first-order chi connectivity index (χ1) is 16.6. The lowest BCUT2D eigenvalue weighted by Crippen LogP contribution is -2.47. The molecule has 0 saturated heterocycles. The molecule has 2 aromatic rings. The van der Waals surface area contributed by atoms with Crippen molar-refractivity contribution in [3.63, 3.8) is 0 Å². The van der Waals surface area contributed by atoms with E-state index in [1.54, 1.807) is 21.8 Å². The molecule has 35 heavy (non-hydrogen) atoms. The van der Waals surface area contributed by atoms with Crippen LogP contribution in [-0.4, -0.2) is 74.7 Å². The maximum Gasteiger partial charge on any atom is 0.416 e. The van der Waals surface area contributed by atoms with Crippen LogP contribution in [0.25, 0.3) is 0 Å². The minimum Gasteiger partial charge on any atom is -0.394 e. The maximum atomic E-state index is 13.1. The van der Waals surface area contributed by atoms with Crippen molar-refractivity contribution in [3.05, 3.63) is 47.3 Å². The average molecular weight is 498 g/mol. The molecule has 2 heterocycles. The molecule has 3 atom stereocenters. The van der Waals surface area contributed by atoms with Crippen molar-refractivity contribution in [2.45, 2.75) is 64.7 Å². The first-order valence-corrected chi connectivity index (χ1v) is 11.8. The molecular formula is C24H34F3N5O3. The van der Waals surface area contributed by atoms with Crippen molar-refractivity contribution in [1.82, 2.24) is 24.8 Å². The molecule has 1 aromatic carbocycles. The highest BCUT2D eigenvalue weighted by molar-refractivity contribution is 5.76. The molecule has 1 aromatic heterocycles. The number of ether oxygens (including phenoxy) is 1. The zero-order chi connectivity index (χ0) is 25.6. The Morgan fingerprint density at radius 3 is 2.83 bits per heavy atom. The van der Waals surface area contributed by atoms with Crippen LogP contribution in [0.2, 0.25) is 0 Å². The lowest BCUT2D eigenvalue weighted by Gasteiger charge is -2.35. The van der Waals surface area contributed by atoms with Gasteiger partial charge in [-0.3, -0.25) is 14.4 Å². The number of hydrogen-bond donors (Lipinski definition) is 1. The highest BCUT2D eigenvalue weighted by Gasteiger charge is 2.31. The number of aryl methyl sites for hydroxylation is 1. The van der Waals surface area contributed by atoms with Crippen LogP contribution in [-0.2, 0) is 35.4 Å². The van der Waals surface area contributed by atoms with Gasteiger partial charge in [0.2, 0.25) is 5.91 Å². The molecule has 0 unspecified atom stereocenters. The summed E-state index contributed by atoms with van der Waals surface area (Å²) in [5, 5.41) is 17.9. The van der Waals surface area contributed by atoms with E-state index < -0.39 is 11.7 Å². The van der Waals surface area contributed by atoms with E-state index in [9.17, 15) is 23.1 Å². The Morgan fingerprint density at radius 1 is 1.34 bits per heavy atom.